The summed E-state index contributed by atoms with van der Waals surface area (Å²) in [5.74, 6) is 1.16. The first-order valence-corrected chi connectivity index (χ1v) is 8.74. The second kappa shape index (κ2) is 6.80. The molecule has 0 spiro atoms. The van der Waals surface area contributed by atoms with Gasteiger partial charge in [0.05, 0.1) is 5.56 Å². The molecule has 0 saturated carbocycles. The van der Waals surface area contributed by atoms with Crippen molar-refractivity contribution < 1.29 is 13.2 Å². The van der Waals surface area contributed by atoms with E-state index in [1.54, 1.807) is 0 Å². The minimum absolute atomic E-state index is 0.0488. The molecule has 1 aromatic carbocycles. The van der Waals surface area contributed by atoms with E-state index in [0.717, 1.165) is 23.1 Å². The first-order valence-electron chi connectivity index (χ1n) is 8.74. The van der Waals surface area contributed by atoms with Crippen molar-refractivity contribution in [1.82, 2.24) is 24.9 Å². The summed E-state index contributed by atoms with van der Waals surface area (Å²) in [4.78, 5) is 4.52. The van der Waals surface area contributed by atoms with Crippen molar-refractivity contribution >= 4 is 11.6 Å². The summed E-state index contributed by atoms with van der Waals surface area (Å²) in [6, 6.07) is 4.01. The van der Waals surface area contributed by atoms with Gasteiger partial charge in [-0.25, -0.2) is 13.2 Å². The third kappa shape index (κ3) is 3.01. The van der Waals surface area contributed by atoms with E-state index < -0.39 is 17.8 Å². The molecule has 1 aliphatic rings. The minimum atomic E-state index is -2.85. The molecule has 3 heterocycles. The number of hydrogen-bond donors (Lipinski definition) is 2. The third-order valence-corrected chi connectivity index (χ3v) is 4.69. The van der Waals surface area contributed by atoms with E-state index in [1.165, 1.54) is 12.1 Å². The van der Waals surface area contributed by atoms with Crippen LogP contribution in [-0.2, 0) is 19.6 Å². The van der Waals surface area contributed by atoms with Crippen molar-refractivity contribution in [3.05, 3.63) is 52.2 Å². The standard InChI is InChI=1S/C18H19F3N6/c1-9(2)17-25-26-18-24-16(12-7-22-8-13(12)27(17)18)23-6-10-4-3-5-11(14(10)19)15(20)21/h3-5,9,15,22H,6-8H2,1-2H3,(H,23,24,26). The van der Waals surface area contributed by atoms with Crippen LogP contribution in [0.5, 0.6) is 0 Å². The molecule has 4 rings (SSSR count). The lowest BCUT2D eigenvalue weighted by Crippen LogP contribution is -2.11. The number of halogens is 3. The fourth-order valence-corrected chi connectivity index (χ4v) is 3.34. The van der Waals surface area contributed by atoms with Crippen molar-refractivity contribution in [3.63, 3.8) is 0 Å². The first kappa shape index (κ1) is 17.7. The van der Waals surface area contributed by atoms with Crippen LogP contribution >= 0.6 is 0 Å². The Morgan fingerprint density at radius 2 is 2.04 bits per heavy atom. The van der Waals surface area contributed by atoms with Gasteiger partial charge in [-0.1, -0.05) is 32.0 Å². The largest absolute Gasteiger partial charge is 0.365 e. The van der Waals surface area contributed by atoms with Gasteiger partial charge in [0, 0.05) is 42.4 Å². The van der Waals surface area contributed by atoms with Crippen LogP contribution in [0, 0.1) is 5.82 Å². The Bertz CT molecular complexity index is 998. The Hall–Kier alpha value is -2.68. The van der Waals surface area contributed by atoms with Gasteiger partial charge >= 0.3 is 0 Å². The van der Waals surface area contributed by atoms with Crippen molar-refractivity contribution in [2.75, 3.05) is 5.32 Å². The zero-order valence-electron chi connectivity index (χ0n) is 14.9. The Balaban J connectivity index is 1.69. The Kier molecular flexibility index (Phi) is 4.47. The number of benzene rings is 1. The average molecular weight is 376 g/mol. The van der Waals surface area contributed by atoms with Gasteiger partial charge in [0.15, 0.2) is 0 Å². The fourth-order valence-electron chi connectivity index (χ4n) is 3.34. The Labute approximate surface area is 153 Å². The molecule has 1 aliphatic heterocycles. The van der Waals surface area contributed by atoms with Crippen LogP contribution in [0.1, 0.15) is 54.4 Å². The van der Waals surface area contributed by atoms with Crippen molar-refractivity contribution in [2.24, 2.45) is 0 Å². The molecule has 142 valence electrons. The zero-order valence-corrected chi connectivity index (χ0v) is 14.9. The van der Waals surface area contributed by atoms with Gasteiger partial charge in [0.1, 0.15) is 17.5 Å². The van der Waals surface area contributed by atoms with Crippen molar-refractivity contribution in [3.8, 4) is 0 Å². The molecular formula is C18H19F3N6. The van der Waals surface area contributed by atoms with E-state index >= 15 is 0 Å². The smallest absolute Gasteiger partial charge is 0.266 e. The quantitative estimate of drug-likeness (QED) is 0.713. The highest BCUT2D eigenvalue weighted by atomic mass is 19.3. The highest BCUT2D eigenvalue weighted by Gasteiger charge is 2.24. The molecule has 2 aromatic heterocycles. The van der Waals surface area contributed by atoms with Crippen LogP contribution in [0.2, 0.25) is 0 Å². The zero-order chi connectivity index (χ0) is 19.1. The number of hydrogen-bond acceptors (Lipinski definition) is 5. The van der Waals surface area contributed by atoms with Crippen LogP contribution < -0.4 is 10.6 Å². The highest BCUT2D eigenvalue weighted by molar-refractivity contribution is 5.54. The second-order valence-corrected chi connectivity index (χ2v) is 6.81. The van der Waals surface area contributed by atoms with Crippen LogP contribution in [0.4, 0.5) is 19.0 Å². The van der Waals surface area contributed by atoms with E-state index in [9.17, 15) is 13.2 Å². The second-order valence-electron chi connectivity index (χ2n) is 6.81. The van der Waals surface area contributed by atoms with Gasteiger partial charge in [-0.05, 0) is 0 Å². The van der Waals surface area contributed by atoms with Crippen molar-refractivity contribution in [1.29, 1.82) is 0 Å². The van der Waals surface area contributed by atoms with Gasteiger partial charge in [-0.2, -0.15) is 4.98 Å². The highest BCUT2D eigenvalue weighted by Crippen LogP contribution is 2.28. The van der Waals surface area contributed by atoms with Gasteiger partial charge < -0.3 is 10.6 Å². The van der Waals surface area contributed by atoms with Gasteiger partial charge in [0.2, 0.25) is 0 Å². The Morgan fingerprint density at radius 1 is 1.22 bits per heavy atom. The molecule has 0 aliphatic carbocycles. The predicted molar refractivity (Wildman–Crippen MR) is 94.1 cm³/mol. The van der Waals surface area contributed by atoms with E-state index in [4.69, 9.17) is 0 Å². The first-order chi connectivity index (χ1) is 13.0. The van der Waals surface area contributed by atoms with Gasteiger partial charge in [0.25, 0.3) is 12.2 Å². The monoisotopic (exact) mass is 376 g/mol. The maximum Gasteiger partial charge on any atom is 0.266 e. The molecule has 0 bridgehead atoms. The SMILES string of the molecule is CC(C)c1nnc2nc(NCc3cccc(C(F)F)c3F)c3c(n12)CNC3. The summed E-state index contributed by atoms with van der Waals surface area (Å²) in [6.07, 6.45) is -2.85. The molecule has 0 fully saturated rings. The lowest BCUT2D eigenvalue weighted by molar-refractivity contribution is 0.146. The van der Waals surface area contributed by atoms with E-state index in [1.807, 2.05) is 18.2 Å². The predicted octanol–water partition coefficient (Wildman–Crippen LogP) is 3.54. The molecule has 0 atom stereocenters. The third-order valence-electron chi connectivity index (χ3n) is 4.69. The summed E-state index contributed by atoms with van der Waals surface area (Å²) >= 11 is 0. The van der Waals surface area contributed by atoms with Crippen LogP contribution in [-0.4, -0.2) is 19.6 Å². The molecule has 0 saturated heterocycles. The molecule has 27 heavy (non-hydrogen) atoms. The summed E-state index contributed by atoms with van der Waals surface area (Å²) in [7, 11) is 0. The van der Waals surface area contributed by atoms with E-state index in [-0.39, 0.29) is 18.0 Å². The number of nitrogens with zero attached hydrogens (tertiary/aromatic N) is 4. The molecule has 6 nitrogen and oxygen atoms in total. The summed E-state index contributed by atoms with van der Waals surface area (Å²) < 4.78 is 42.0. The number of alkyl halides is 2. The number of rotatable bonds is 5. The Morgan fingerprint density at radius 3 is 2.78 bits per heavy atom. The van der Waals surface area contributed by atoms with Crippen LogP contribution in [0.15, 0.2) is 18.2 Å². The number of anilines is 1. The topological polar surface area (TPSA) is 67.1 Å². The normalized spacial score (nSPS) is 13.7. The summed E-state index contributed by atoms with van der Waals surface area (Å²) in [5, 5.41) is 14.7. The molecule has 0 radical (unpaired) electrons. The van der Waals surface area contributed by atoms with Crippen LogP contribution in [0.25, 0.3) is 5.78 Å². The molecule has 9 heteroatoms. The lowest BCUT2D eigenvalue weighted by Gasteiger charge is -2.14. The van der Waals surface area contributed by atoms with E-state index in [2.05, 4.69) is 25.8 Å². The fraction of sp³-hybridized carbons (Fsp3) is 0.389. The minimum Gasteiger partial charge on any atom is -0.365 e. The van der Waals surface area contributed by atoms with Gasteiger partial charge in [-0.15, -0.1) is 10.2 Å². The maximum atomic E-state index is 14.3. The molecular weight excluding hydrogens is 357 g/mol. The number of fused-ring (bicyclic) bond motifs is 3. The molecule has 3 aromatic rings. The molecule has 0 amide bonds. The molecule has 2 N–H and O–H groups in total. The summed E-state index contributed by atoms with van der Waals surface area (Å²) in [5.41, 5.74) is 1.54. The van der Waals surface area contributed by atoms with Crippen molar-refractivity contribution in [2.45, 2.75) is 45.8 Å². The lowest BCUT2D eigenvalue weighted by atomic mass is 10.1. The van der Waals surface area contributed by atoms with E-state index in [0.29, 0.717) is 24.7 Å². The maximum absolute atomic E-state index is 14.3. The summed E-state index contributed by atoms with van der Waals surface area (Å²) in [6.45, 7) is 5.38. The number of aromatic nitrogens is 4. The van der Waals surface area contributed by atoms with Crippen LogP contribution in [0.3, 0.4) is 0 Å². The average Bonchev–Trinajstić information content (AvgIpc) is 3.26. The molecule has 0 unspecified atom stereocenters. The van der Waals surface area contributed by atoms with Gasteiger partial charge in [-0.3, -0.25) is 4.40 Å². The number of nitrogens with one attached hydrogen (secondary N) is 2.